The molecule has 0 heterocycles. The molecule has 4 heteroatoms. The molecule has 1 rings (SSSR count). The van der Waals surface area contributed by atoms with Crippen LogP contribution in [0.3, 0.4) is 0 Å². The second-order valence-corrected chi connectivity index (χ2v) is 3.14. The number of benzene rings is 1. The van der Waals surface area contributed by atoms with Gasteiger partial charge in [-0.15, -0.1) is 0 Å². The summed E-state index contributed by atoms with van der Waals surface area (Å²) in [4.78, 5) is 0. The van der Waals surface area contributed by atoms with E-state index in [2.05, 4.69) is 0 Å². The van der Waals surface area contributed by atoms with E-state index >= 15 is 0 Å². The molecule has 0 unspecified atom stereocenters. The molecule has 1 aromatic rings. The molecular formula is C9H13ClN2O. The van der Waals surface area contributed by atoms with Crippen molar-refractivity contribution in [2.45, 2.75) is 6.04 Å². The fourth-order valence-electron chi connectivity index (χ4n) is 1.05. The van der Waals surface area contributed by atoms with Crippen LogP contribution in [0, 0.1) is 0 Å². The first-order valence-electron chi connectivity index (χ1n) is 3.98. The van der Waals surface area contributed by atoms with Gasteiger partial charge in [0, 0.05) is 12.6 Å². The maximum absolute atomic E-state index is 5.91. The molecule has 0 saturated carbocycles. The summed E-state index contributed by atoms with van der Waals surface area (Å²) in [6.07, 6.45) is 0. The predicted octanol–water partition coefficient (Wildman–Crippen LogP) is 1.31. The van der Waals surface area contributed by atoms with Crippen LogP contribution in [-0.4, -0.2) is 13.7 Å². The van der Waals surface area contributed by atoms with Crippen molar-refractivity contribution in [2.75, 3.05) is 13.7 Å². The highest BCUT2D eigenvalue weighted by Crippen LogP contribution is 2.26. The van der Waals surface area contributed by atoms with Gasteiger partial charge in [0.15, 0.2) is 0 Å². The van der Waals surface area contributed by atoms with Crippen molar-refractivity contribution >= 4 is 11.6 Å². The Labute approximate surface area is 82.6 Å². The number of nitrogens with two attached hydrogens (primary N) is 2. The number of hydrogen-bond acceptors (Lipinski definition) is 3. The molecular weight excluding hydrogens is 188 g/mol. The lowest BCUT2D eigenvalue weighted by Crippen LogP contribution is -2.20. The minimum atomic E-state index is -0.164. The van der Waals surface area contributed by atoms with Crippen LogP contribution in [0.1, 0.15) is 11.6 Å². The van der Waals surface area contributed by atoms with Crippen LogP contribution < -0.4 is 16.2 Å². The van der Waals surface area contributed by atoms with E-state index in [0.29, 0.717) is 17.3 Å². The number of methoxy groups -OCH3 is 1. The summed E-state index contributed by atoms with van der Waals surface area (Å²) in [6.45, 7) is 0.405. The highest BCUT2D eigenvalue weighted by Gasteiger charge is 2.06. The molecule has 0 aliphatic carbocycles. The highest BCUT2D eigenvalue weighted by atomic mass is 35.5. The molecule has 0 aromatic heterocycles. The van der Waals surface area contributed by atoms with Crippen LogP contribution in [0.5, 0.6) is 5.75 Å². The molecule has 0 radical (unpaired) electrons. The van der Waals surface area contributed by atoms with Crippen molar-refractivity contribution in [2.24, 2.45) is 11.5 Å². The molecule has 4 N–H and O–H groups in total. The standard InChI is InChI=1S/C9H13ClN2O/c1-13-9-3-2-6(4-7(9)10)8(12)5-11/h2-4,8H,5,11-12H2,1H3/t8-/m1/s1. The first kappa shape index (κ1) is 10.3. The molecule has 0 amide bonds. The summed E-state index contributed by atoms with van der Waals surface area (Å²) < 4.78 is 5.01. The first-order valence-corrected chi connectivity index (χ1v) is 4.36. The van der Waals surface area contributed by atoms with Crippen LogP contribution >= 0.6 is 11.6 Å². The summed E-state index contributed by atoms with van der Waals surface area (Å²) in [6, 6.07) is 5.26. The van der Waals surface area contributed by atoms with Gasteiger partial charge in [0.25, 0.3) is 0 Å². The Hall–Kier alpha value is -0.770. The monoisotopic (exact) mass is 200 g/mol. The van der Waals surface area contributed by atoms with Crippen LogP contribution in [-0.2, 0) is 0 Å². The van der Waals surface area contributed by atoms with Crippen molar-refractivity contribution in [1.82, 2.24) is 0 Å². The van der Waals surface area contributed by atoms with E-state index in [4.69, 9.17) is 27.8 Å². The molecule has 0 aliphatic heterocycles. The highest BCUT2D eigenvalue weighted by molar-refractivity contribution is 6.32. The molecule has 0 fully saturated rings. The van der Waals surface area contributed by atoms with Gasteiger partial charge in [0.05, 0.1) is 12.1 Å². The molecule has 1 atom stereocenters. The van der Waals surface area contributed by atoms with Gasteiger partial charge in [-0.25, -0.2) is 0 Å². The third-order valence-electron chi connectivity index (χ3n) is 1.86. The molecule has 13 heavy (non-hydrogen) atoms. The molecule has 3 nitrogen and oxygen atoms in total. The summed E-state index contributed by atoms with van der Waals surface area (Å²) in [5, 5.41) is 0.559. The van der Waals surface area contributed by atoms with Gasteiger partial charge in [0.1, 0.15) is 5.75 Å². The van der Waals surface area contributed by atoms with Crippen LogP contribution in [0.2, 0.25) is 5.02 Å². The lowest BCUT2D eigenvalue weighted by atomic mass is 10.1. The first-order chi connectivity index (χ1) is 6.19. The van der Waals surface area contributed by atoms with E-state index in [9.17, 15) is 0 Å². The summed E-state index contributed by atoms with van der Waals surface area (Å²) >= 11 is 5.91. The largest absolute Gasteiger partial charge is 0.495 e. The average Bonchev–Trinajstić information content (AvgIpc) is 2.16. The van der Waals surface area contributed by atoms with Gasteiger partial charge in [0.2, 0.25) is 0 Å². The van der Waals surface area contributed by atoms with E-state index < -0.39 is 0 Å². The minimum absolute atomic E-state index is 0.164. The summed E-state index contributed by atoms with van der Waals surface area (Å²) in [7, 11) is 1.57. The maximum atomic E-state index is 5.91. The Morgan fingerprint density at radius 1 is 1.54 bits per heavy atom. The van der Waals surface area contributed by atoms with Gasteiger partial charge in [-0.2, -0.15) is 0 Å². The SMILES string of the molecule is COc1ccc([C@H](N)CN)cc1Cl. The van der Waals surface area contributed by atoms with Crippen LogP contribution in [0.15, 0.2) is 18.2 Å². The fraction of sp³-hybridized carbons (Fsp3) is 0.333. The third-order valence-corrected chi connectivity index (χ3v) is 2.15. The maximum Gasteiger partial charge on any atom is 0.137 e. The summed E-state index contributed by atoms with van der Waals surface area (Å²) in [5.74, 6) is 0.648. The van der Waals surface area contributed by atoms with E-state index in [1.54, 1.807) is 19.2 Å². The second-order valence-electron chi connectivity index (χ2n) is 2.74. The van der Waals surface area contributed by atoms with Gasteiger partial charge in [-0.3, -0.25) is 0 Å². The Morgan fingerprint density at radius 2 is 2.23 bits per heavy atom. The topological polar surface area (TPSA) is 61.3 Å². The number of halogens is 1. The van der Waals surface area contributed by atoms with E-state index in [-0.39, 0.29) is 6.04 Å². The zero-order valence-corrected chi connectivity index (χ0v) is 8.21. The quantitative estimate of drug-likeness (QED) is 0.774. The lowest BCUT2D eigenvalue weighted by Gasteiger charge is -2.10. The Morgan fingerprint density at radius 3 is 2.69 bits per heavy atom. The fourth-order valence-corrected chi connectivity index (χ4v) is 1.32. The molecule has 1 aromatic carbocycles. The number of ether oxygens (including phenoxy) is 1. The van der Waals surface area contributed by atoms with Gasteiger partial charge in [-0.05, 0) is 17.7 Å². The Kier molecular flexibility index (Phi) is 3.54. The molecule has 0 aliphatic rings. The Balaban J connectivity index is 2.95. The van der Waals surface area contributed by atoms with Gasteiger partial charge in [-0.1, -0.05) is 17.7 Å². The number of rotatable bonds is 3. The smallest absolute Gasteiger partial charge is 0.137 e. The van der Waals surface area contributed by atoms with E-state index in [0.717, 1.165) is 5.56 Å². The van der Waals surface area contributed by atoms with Gasteiger partial charge < -0.3 is 16.2 Å². The third kappa shape index (κ3) is 2.34. The summed E-state index contributed by atoms with van der Waals surface area (Å²) in [5.41, 5.74) is 12.1. The van der Waals surface area contributed by atoms with Gasteiger partial charge >= 0.3 is 0 Å². The second kappa shape index (κ2) is 4.46. The lowest BCUT2D eigenvalue weighted by molar-refractivity contribution is 0.414. The van der Waals surface area contributed by atoms with Crippen molar-refractivity contribution in [1.29, 1.82) is 0 Å². The number of hydrogen-bond donors (Lipinski definition) is 2. The van der Waals surface area contributed by atoms with Crippen molar-refractivity contribution in [3.05, 3.63) is 28.8 Å². The van der Waals surface area contributed by atoms with Crippen LogP contribution in [0.25, 0.3) is 0 Å². The molecule has 0 saturated heterocycles. The van der Waals surface area contributed by atoms with Crippen LogP contribution in [0.4, 0.5) is 0 Å². The molecule has 0 bridgehead atoms. The van der Waals surface area contributed by atoms with E-state index in [1.165, 1.54) is 0 Å². The zero-order valence-electron chi connectivity index (χ0n) is 7.46. The molecule has 72 valence electrons. The predicted molar refractivity (Wildman–Crippen MR) is 54.0 cm³/mol. The minimum Gasteiger partial charge on any atom is -0.495 e. The molecule has 0 spiro atoms. The Bertz CT molecular complexity index is 291. The normalized spacial score (nSPS) is 12.6. The van der Waals surface area contributed by atoms with E-state index in [1.807, 2.05) is 6.07 Å². The average molecular weight is 201 g/mol. The van der Waals surface area contributed by atoms with Crippen molar-refractivity contribution < 1.29 is 4.74 Å². The van der Waals surface area contributed by atoms with Crippen molar-refractivity contribution in [3.8, 4) is 5.75 Å². The zero-order chi connectivity index (χ0) is 9.84. The van der Waals surface area contributed by atoms with Crippen molar-refractivity contribution in [3.63, 3.8) is 0 Å².